The van der Waals surface area contributed by atoms with E-state index in [2.05, 4.69) is 15.9 Å². The molecule has 1 saturated heterocycles. The molecular weight excluding hydrogens is 277 g/mol. The van der Waals surface area contributed by atoms with Gasteiger partial charge in [-0.05, 0) is 33.6 Å². The summed E-state index contributed by atoms with van der Waals surface area (Å²) in [7, 11) is 0. The van der Waals surface area contributed by atoms with Crippen LogP contribution in [0.15, 0.2) is 22.7 Å². The van der Waals surface area contributed by atoms with Crippen LogP contribution in [0.5, 0.6) is 0 Å². The third-order valence-electron chi connectivity index (χ3n) is 2.70. The van der Waals surface area contributed by atoms with Gasteiger partial charge in [0.2, 0.25) is 0 Å². The predicted octanol–water partition coefficient (Wildman–Crippen LogP) is 2.10. The highest BCUT2D eigenvalue weighted by Gasteiger charge is 2.32. The zero-order chi connectivity index (χ0) is 11.7. The summed E-state index contributed by atoms with van der Waals surface area (Å²) in [5, 5.41) is 8.70. The molecule has 0 atom stereocenters. The van der Waals surface area contributed by atoms with Crippen LogP contribution in [-0.4, -0.2) is 29.1 Å². The second kappa shape index (κ2) is 4.51. The summed E-state index contributed by atoms with van der Waals surface area (Å²) in [6.45, 7) is 1.70. The predicted molar refractivity (Wildman–Crippen MR) is 60.5 cm³/mol. The number of carboxylic acid groups (broad SMARTS) is 1. The van der Waals surface area contributed by atoms with E-state index in [-0.39, 0.29) is 11.7 Å². The van der Waals surface area contributed by atoms with E-state index in [9.17, 15) is 9.18 Å². The molecule has 16 heavy (non-hydrogen) atoms. The lowest BCUT2D eigenvalue weighted by Crippen LogP contribution is -2.49. The average Bonchev–Trinajstić information content (AvgIpc) is 2.15. The van der Waals surface area contributed by atoms with E-state index in [1.165, 1.54) is 6.07 Å². The van der Waals surface area contributed by atoms with E-state index in [1.807, 2.05) is 11.0 Å². The lowest BCUT2D eigenvalue weighted by atomic mass is 10.00. The van der Waals surface area contributed by atoms with E-state index >= 15 is 0 Å². The summed E-state index contributed by atoms with van der Waals surface area (Å²) in [5.74, 6) is -1.30. The number of carbonyl (C=O) groups is 1. The summed E-state index contributed by atoms with van der Waals surface area (Å²) in [6, 6.07) is 4.97. The number of halogens is 2. The van der Waals surface area contributed by atoms with E-state index < -0.39 is 5.97 Å². The topological polar surface area (TPSA) is 40.5 Å². The summed E-state index contributed by atoms with van der Waals surface area (Å²) in [6.07, 6.45) is 0. The summed E-state index contributed by atoms with van der Waals surface area (Å²) in [4.78, 5) is 12.6. The van der Waals surface area contributed by atoms with Crippen molar-refractivity contribution in [2.45, 2.75) is 6.54 Å². The van der Waals surface area contributed by atoms with Crippen molar-refractivity contribution in [2.75, 3.05) is 13.1 Å². The molecule has 2 rings (SSSR count). The lowest BCUT2D eigenvalue weighted by Gasteiger charge is -2.36. The number of nitrogens with zero attached hydrogens (tertiary/aromatic N) is 1. The van der Waals surface area contributed by atoms with E-state index in [0.29, 0.717) is 24.1 Å². The monoisotopic (exact) mass is 287 g/mol. The van der Waals surface area contributed by atoms with Crippen LogP contribution in [0, 0.1) is 11.7 Å². The van der Waals surface area contributed by atoms with Crippen LogP contribution in [0.4, 0.5) is 4.39 Å². The number of carboxylic acids is 1. The number of rotatable bonds is 3. The van der Waals surface area contributed by atoms with Gasteiger partial charge in [-0.15, -0.1) is 0 Å². The second-order valence-corrected chi connectivity index (χ2v) is 4.83. The molecule has 86 valence electrons. The SMILES string of the molecule is O=C(O)C1CN(Cc2ccc(Br)c(F)c2)C1. The minimum atomic E-state index is -0.752. The average molecular weight is 288 g/mol. The Labute approximate surface area is 101 Å². The van der Waals surface area contributed by atoms with Crippen molar-refractivity contribution in [1.29, 1.82) is 0 Å². The molecule has 5 heteroatoms. The minimum absolute atomic E-state index is 0.264. The molecular formula is C11H11BrFNO2. The first kappa shape index (κ1) is 11.5. The molecule has 0 spiro atoms. The standard InChI is InChI=1S/C11H11BrFNO2/c12-9-2-1-7(3-10(9)13)4-14-5-8(6-14)11(15)16/h1-3,8H,4-6H2,(H,15,16). The smallest absolute Gasteiger partial charge is 0.309 e. The molecule has 1 aromatic carbocycles. The molecule has 1 fully saturated rings. The van der Waals surface area contributed by atoms with Gasteiger partial charge in [-0.1, -0.05) is 6.07 Å². The van der Waals surface area contributed by atoms with Gasteiger partial charge in [0.1, 0.15) is 5.82 Å². The summed E-state index contributed by atoms with van der Waals surface area (Å²) in [5.41, 5.74) is 0.865. The summed E-state index contributed by atoms with van der Waals surface area (Å²) >= 11 is 3.09. The van der Waals surface area contributed by atoms with Crippen molar-refractivity contribution in [3.05, 3.63) is 34.1 Å². The van der Waals surface area contributed by atoms with Crippen molar-refractivity contribution < 1.29 is 14.3 Å². The Balaban J connectivity index is 1.91. The van der Waals surface area contributed by atoms with Crippen LogP contribution in [-0.2, 0) is 11.3 Å². The molecule has 0 aliphatic carbocycles. The highest BCUT2D eigenvalue weighted by Crippen LogP contribution is 2.21. The van der Waals surface area contributed by atoms with Crippen LogP contribution in [0.1, 0.15) is 5.56 Å². The molecule has 0 saturated carbocycles. The number of hydrogen-bond acceptors (Lipinski definition) is 2. The molecule has 1 aliphatic heterocycles. The number of hydrogen-bond donors (Lipinski definition) is 1. The fraction of sp³-hybridized carbons (Fsp3) is 0.364. The molecule has 0 radical (unpaired) electrons. The van der Waals surface area contributed by atoms with Gasteiger partial charge in [-0.3, -0.25) is 9.69 Å². The van der Waals surface area contributed by atoms with Crippen LogP contribution < -0.4 is 0 Å². The van der Waals surface area contributed by atoms with Crippen LogP contribution in [0.3, 0.4) is 0 Å². The normalized spacial score (nSPS) is 17.1. The van der Waals surface area contributed by atoms with Crippen molar-refractivity contribution in [2.24, 2.45) is 5.92 Å². The van der Waals surface area contributed by atoms with Crippen LogP contribution in [0.2, 0.25) is 0 Å². The van der Waals surface area contributed by atoms with E-state index in [4.69, 9.17) is 5.11 Å². The first-order valence-corrected chi connectivity index (χ1v) is 5.74. The molecule has 1 aliphatic rings. The molecule has 0 aromatic heterocycles. The Kier molecular flexibility index (Phi) is 3.25. The van der Waals surface area contributed by atoms with E-state index in [1.54, 1.807) is 6.07 Å². The van der Waals surface area contributed by atoms with Gasteiger partial charge in [0.15, 0.2) is 0 Å². The zero-order valence-corrected chi connectivity index (χ0v) is 10.1. The number of benzene rings is 1. The molecule has 0 bridgehead atoms. The first-order valence-electron chi connectivity index (χ1n) is 4.95. The third kappa shape index (κ3) is 2.41. The molecule has 0 unspecified atom stereocenters. The fourth-order valence-corrected chi connectivity index (χ4v) is 2.00. The first-order chi connectivity index (χ1) is 7.56. The fourth-order valence-electron chi connectivity index (χ4n) is 1.75. The third-order valence-corrected chi connectivity index (χ3v) is 3.34. The molecule has 0 amide bonds. The number of aliphatic carboxylic acids is 1. The lowest BCUT2D eigenvalue weighted by molar-refractivity contribution is -0.147. The Bertz CT molecular complexity index is 418. The maximum atomic E-state index is 13.2. The highest BCUT2D eigenvalue weighted by atomic mass is 79.9. The molecule has 3 nitrogen and oxygen atoms in total. The highest BCUT2D eigenvalue weighted by molar-refractivity contribution is 9.10. The van der Waals surface area contributed by atoms with E-state index in [0.717, 1.165) is 5.56 Å². The van der Waals surface area contributed by atoms with Gasteiger partial charge in [-0.25, -0.2) is 4.39 Å². The zero-order valence-electron chi connectivity index (χ0n) is 8.49. The minimum Gasteiger partial charge on any atom is -0.481 e. The van der Waals surface area contributed by atoms with Gasteiger partial charge >= 0.3 is 5.97 Å². The van der Waals surface area contributed by atoms with Crippen LogP contribution in [0.25, 0.3) is 0 Å². The van der Waals surface area contributed by atoms with Gasteiger partial charge < -0.3 is 5.11 Å². The Morgan fingerprint density at radius 1 is 1.56 bits per heavy atom. The van der Waals surface area contributed by atoms with Gasteiger partial charge in [0, 0.05) is 19.6 Å². The molecule has 1 aromatic rings. The quantitative estimate of drug-likeness (QED) is 0.926. The van der Waals surface area contributed by atoms with Gasteiger partial charge in [-0.2, -0.15) is 0 Å². The Morgan fingerprint density at radius 3 is 2.81 bits per heavy atom. The number of likely N-dealkylation sites (tertiary alicyclic amines) is 1. The van der Waals surface area contributed by atoms with Crippen molar-refractivity contribution >= 4 is 21.9 Å². The van der Waals surface area contributed by atoms with Crippen molar-refractivity contribution in [3.8, 4) is 0 Å². The molecule has 1 heterocycles. The second-order valence-electron chi connectivity index (χ2n) is 3.98. The van der Waals surface area contributed by atoms with Crippen LogP contribution >= 0.6 is 15.9 Å². The van der Waals surface area contributed by atoms with Crippen molar-refractivity contribution in [3.63, 3.8) is 0 Å². The Morgan fingerprint density at radius 2 is 2.25 bits per heavy atom. The largest absolute Gasteiger partial charge is 0.481 e. The van der Waals surface area contributed by atoms with Crippen molar-refractivity contribution in [1.82, 2.24) is 4.90 Å². The Hall–Kier alpha value is -0.940. The van der Waals surface area contributed by atoms with Gasteiger partial charge in [0.25, 0.3) is 0 Å². The maximum Gasteiger partial charge on any atom is 0.309 e. The van der Waals surface area contributed by atoms with Gasteiger partial charge in [0.05, 0.1) is 10.4 Å². The maximum absolute atomic E-state index is 13.2. The summed E-state index contributed by atoms with van der Waals surface area (Å²) < 4.78 is 13.6. The molecule has 1 N–H and O–H groups in total.